The van der Waals surface area contributed by atoms with Gasteiger partial charge >= 0.3 is 5.97 Å². The third-order valence-corrected chi connectivity index (χ3v) is 5.68. The average Bonchev–Trinajstić information content (AvgIpc) is 3.49. The van der Waals surface area contributed by atoms with E-state index in [2.05, 4.69) is 10.6 Å². The predicted octanol–water partition coefficient (Wildman–Crippen LogP) is 3.96. The van der Waals surface area contributed by atoms with E-state index in [0.717, 1.165) is 10.4 Å². The maximum Gasteiger partial charge on any atom is 0.350 e. The molecule has 0 atom stereocenters. The van der Waals surface area contributed by atoms with Crippen molar-refractivity contribution in [1.82, 2.24) is 5.32 Å². The van der Waals surface area contributed by atoms with Crippen molar-refractivity contribution in [2.75, 3.05) is 32.7 Å². The van der Waals surface area contributed by atoms with Crippen molar-refractivity contribution in [2.24, 2.45) is 0 Å². The quantitative estimate of drug-likeness (QED) is 0.429. The van der Waals surface area contributed by atoms with Gasteiger partial charge in [0.25, 0.3) is 5.91 Å². The van der Waals surface area contributed by atoms with Gasteiger partial charge in [-0.2, -0.15) is 0 Å². The monoisotopic (exact) mass is 472 g/mol. The van der Waals surface area contributed by atoms with Crippen molar-refractivity contribution in [2.45, 2.75) is 13.3 Å². The van der Waals surface area contributed by atoms with E-state index in [9.17, 15) is 14.4 Å². The Morgan fingerprint density at radius 2 is 1.85 bits per heavy atom. The molecule has 2 amide bonds. The second kappa shape index (κ2) is 11.2. The normalized spacial score (nSPS) is 10.4. The highest BCUT2D eigenvalue weighted by Crippen LogP contribution is 2.39. The van der Waals surface area contributed by atoms with Gasteiger partial charge in [-0.3, -0.25) is 9.59 Å². The summed E-state index contributed by atoms with van der Waals surface area (Å²) in [5.41, 5.74) is 1.13. The van der Waals surface area contributed by atoms with Crippen LogP contribution in [0.3, 0.4) is 0 Å². The van der Waals surface area contributed by atoms with Crippen molar-refractivity contribution < 1.29 is 33.0 Å². The summed E-state index contributed by atoms with van der Waals surface area (Å²) in [5, 5.41) is 5.35. The molecule has 3 aromatic rings. The zero-order valence-corrected chi connectivity index (χ0v) is 19.2. The largest absolute Gasteiger partial charge is 0.493 e. The molecule has 0 spiro atoms. The highest BCUT2D eigenvalue weighted by Gasteiger charge is 2.21. The van der Waals surface area contributed by atoms with Crippen molar-refractivity contribution in [1.29, 1.82) is 0 Å². The number of ether oxygens (including phenoxy) is 3. The van der Waals surface area contributed by atoms with Crippen molar-refractivity contribution >= 4 is 34.8 Å². The van der Waals surface area contributed by atoms with Gasteiger partial charge in [-0.25, -0.2) is 4.79 Å². The summed E-state index contributed by atoms with van der Waals surface area (Å²) < 4.78 is 20.8. The molecule has 0 saturated carbocycles. The number of furan rings is 1. The molecular weight excluding hydrogens is 448 g/mol. The number of hydrogen-bond donors (Lipinski definition) is 2. The van der Waals surface area contributed by atoms with Crippen LogP contribution in [0.5, 0.6) is 11.5 Å². The zero-order chi connectivity index (χ0) is 23.8. The van der Waals surface area contributed by atoms with Gasteiger partial charge in [0.15, 0.2) is 17.3 Å². The van der Waals surface area contributed by atoms with E-state index in [1.54, 1.807) is 38.3 Å². The number of methoxy groups -OCH3 is 2. The molecule has 10 heteroatoms. The minimum atomic E-state index is -0.532. The Bertz CT molecular complexity index is 1120. The molecule has 0 aliphatic heterocycles. The number of rotatable bonds is 10. The van der Waals surface area contributed by atoms with E-state index in [1.165, 1.54) is 30.8 Å². The Kier molecular flexibility index (Phi) is 8.09. The Hall–Kier alpha value is -3.79. The molecule has 0 unspecified atom stereocenters. The minimum Gasteiger partial charge on any atom is -0.493 e. The minimum absolute atomic E-state index is 0.0102. The summed E-state index contributed by atoms with van der Waals surface area (Å²) in [5.74, 6) is -0.0243. The SMILES string of the molecule is CCOC(=O)c1sc(-c2ccc(OC)c(OC)c2)cc1NC(=O)CCNC(=O)c1ccco1. The van der Waals surface area contributed by atoms with Gasteiger partial charge in [0, 0.05) is 17.8 Å². The Morgan fingerprint density at radius 3 is 2.52 bits per heavy atom. The Morgan fingerprint density at radius 1 is 1.06 bits per heavy atom. The molecule has 2 heterocycles. The summed E-state index contributed by atoms with van der Waals surface area (Å²) in [6, 6.07) is 10.2. The average molecular weight is 473 g/mol. The van der Waals surface area contributed by atoms with E-state index < -0.39 is 11.9 Å². The molecule has 0 aliphatic carbocycles. The summed E-state index contributed by atoms with van der Waals surface area (Å²) in [6.45, 7) is 2.02. The summed E-state index contributed by atoms with van der Waals surface area (Å²) in [7, 11) is 3.09. The van der Waals surface area contributed by atoms with Gasteiger partial charge < -0.3 is 29.3 Å². The highest BCUT2D eigenvalue weighted by molar-refractivity contribution is 7.18. The van der Waals surface area contributed by atoms with Crippen LogP contribution < -0.4 is 20.1 Å². The Balaban J connectivity index is 1.74. The molecule has 2 N–H and O–H groups in total. The number of benzene rings is 1. The molecular formula is C23H24N2O7S. The molecule has 174 valence electrons. The summed E-state index contributed by atoms with van der Waals surface area (Å²) >= 11 is 1.19. The molecule has 2 aromatic heterocycles. The predicted molar refractivity (Wildman–Crippen MR) is 123 cm³/mol. The first-order valence-electron chi connectivity index (χ1n) is 10.1. The van der Waals surface area contributed by atoms with Crippen LogP contribution in [0.2, 0.25) is 0 Å². The molecule has 33 heavy (non-hydrogen) atoms. The number of hydrogen-bond acceptors (Lipinski definition) is 8. The lowest BCUT2D eigenvalue weighted by molar-refractivity contribution is -0.116. The number of nitrogens with one attached hydrogen (secondary N) is 2. The van der Waals surface area contributed by atoms with Gasteiger partial charge in [-0.1, -0.05) is 0 Å². The van der Waals surface area contributed by atoms with Crippen LogP contribution in [-0.4, -0.2) is 45.2 Å². The van der Waals surface area contributed by atoms with Gasteiger partial charge in [0.05, 0.1) is 32.8 Å². The number of esters is 1. The fourth-order valence-electron chi connectivity index (χ4n) is 2.96. The topological polar surface area (TPSA) is 116 Å². The second-order valence-corrected chi connectivity index (χ2v) is 7.73. The van der Waals surface area contributed by atoms with Gasteiger partial charge in [0.1, 0.15) is 4.88 Å². The first kappa shape index (κ1) is 23.9. The highest BCUT2D eigenvalue weighted by atomic mass is 32.1. The third-order valence-electron chi connectivity index (χ3n) is 4.52. The number of carbonyl (C=O) groups excluding carboxylic acids is 3. The van der Waals surface area contributed by atoms with Crippen LogP contribution >= 0.6 is 11.3 Å². The molecule has 0 saturated heterocycles. The van der Waals surface area contributed by atoms with Gasteiger partial charge in [-0.05, 0) is 48.9 Å². The van der Waals surface area contributed by atoms with Crippen LogP contribution in [0.25, 0.3) is 10.4 Å². The summed E-state index contributed by atoms with van der Waals surface area (Å²) in [6.07, 6.45) is 1.40. The second-order valence-electron chi connectivity index (χ2n) is 6.68. The van der Waals surface area contributed by atoms with Crippen LogP contribution in [0, 0.1) is 0 Å². The summed E-state index contributed by atoms with van der Waals surface area (Å²) in [4.78, 5) is 37.9. The number of anilines is 1. The fourth-order valence-corrected chi connectivity index (χ4v) is 3.96. The van der Waals surface area contributed by atoms with Gasteiger partial charge in [-0.15, -0.1) is 11.3 Å². The van der Waals surface area contributed by atoms with Gasteiger partial charge in [0.2, 0.25) is 5.91 Å². The molecule has 1 aromatic carbocycles. The molecule has 3 rings (SSSR count). The standard InChI is InChI=1S/C23H24N2O7S/c1-4-31-23(28)21-15(25-20(26)9-10-24-22(27)17-6-5-11-32-17)13-19(33-21)14-7-8-16(29-2)18(12-14)30-3/h5-8,11-13H,4,9-10H2,1-3H3,(H,24,27)(H,25,26). The fraction of sp³-hybridized carbons (Fsp3) is 0.261. The third kappa shape index (κ3) is 5.92. The van der Waals surface area contributed by atoms with E-state index in [-0.39, 0.29) is 36.1 Å². The molecule has 0 fully saturated rings. The van der Waals surface area contributed by atoms with E-state index >= 15 is 0 Å². The van der Waals surface area contributed by atoms with Crippen molar-refractivity contribution in [3.63, 3.8) is 0 Å². The number of amides is 2. The molecule has 0 aliphatic rings. The van der Waals surface area contributed by atoms with Crippen LogP contribution in [-0.2, 0) is 9.53 Å². The maximum absolute atomic E-state index is 12.5. The molecule has 9 nitrogen and oxygen atoms in total. The Labute approximate surface area is 194 Å². The van der Waals surface area contributed by atoms with E-state index in [4.69, 9.17) is 18.6 Å². The molecule has 0 radical (unpaired) electrons. The van der Waals surface area contributed by atoms with Crippen LogP contribution in [0.4, 0.5) is 5.69 Å². The van der Waals surface area contributed by atoms with Crippen LogP contribution in [0.15, 0.2) is 47.1 Å². The first-order chi connectivity index (χ1) is 16.0. The smallest absolute Gasteiger partial charge is 0.350 e. The van der Waals surface area contributed by atoms with E-state index in [0.29, 0.717) is 17.2 Å². The lowest BCUT2D eigenvalue weighted by Gasteiger charge is -2.08. The van der Waals surface area contributed by atoms with E-state index in [1.807, 2.05) is 6.07 Å². The maximum atomic E-state index is 12.5. The first-order valence-corrected chi connectivity index (χ1v) is 10.9. The number of thiophene rings is 1. The van der Waals surface area contributed by atoms with Crippen molar-refractivity contribution in [3.8, 4) is 21.9 Å². The van der Waals surface area contributed by atoms with Crippen LogP contribution in [0.1, 0.15) is 33.6 Å². The molecule has 0 bridgehead atoms. The lowest BCUT2D eigenvalue weighted by Crippen LogP contribution is -2.27. The zero-order valence-electron chi connectivity index (χ0n) is 18.4. The lowest BCUT2D eigenvalue weighted by atomic mass is 10.1. The number of carbonyl (C=O) groups is 3. The van der Waals surface area contributed by atoms with Crippen molar-refractivity contribution in [3.05, 3.63) is 53.3 Å².